The lowest BCUT2D eigenvalue weighted by molar-refractivity contribution is -0.122. The molecule has 9 heteroatoms. The van der Waals surface area contributed by atoms with Crippen molar-refractivity contribution in [2.75, 3.05) is 5.32 Å². The Morgan fingerprint density at radius 2 is 1.42 bits per heavy atom. The zero-order valence-electron chi connectivity index (χ0n) is 19.4. The van der Waals surface area contributed by atoms with Gasteiger partial charge in [0.1, 0.15) is 6.17 Å². The number of carbonyl (C=O) groups excluding carboxylic acids is 1. The highest BCUT2D eigenvalue weighted by molar-refractivity contribution is 9.10. The van der Waals surface area contributed by atoms with E-state index in [2.05, 4.69) is 38.8 Å². The lowest BCUT2D eigenvalue weighted by Crippen LogP contribution is -2.56. The minimum absolute atomic E-state index is 0.172. The van der Waals surface area contributed by atoms with Crippen molar-refractivity contribution >= 4 is 79.7 Å². The number of para-hydroxylation sites is 1. The van der Waals surface area contributed by atoms with Gasteiger partial charge in [0.25, 0.3) is 0 Å². The molecule has 0 aliphatic carbocycles. The van der Waals surface area contributed by atoms with E-state index >= 15 is 0 Å². The van der Waals surface area contributed by atoms with E-state index in [4.69, 9.17) is 47.0 Å². The minimum atomic E-state index is -1.76. The first-order chi connectivity index (χ1) is 15.7. The molecule has 1 atom stereocenters. The zero-order chi connectivity index (χ0) is 24.5. The van der Waals surface area contributed by atoms with Gasteiger partial charge in [0.05, 0.1) is 5.69 Å². The number of halogens is 4. The number of benzene rings is 1. The van der Waals surface area contributed by atoms with E-state index in [0.717, 1.165) is 29.4 Å². The summed E-state index contributed by atoms with van der Waals surface area (Å²) in [7, 11) is 0. The monoisotopic (exact) mass is 599 g/mol. The third kappa shape index (κ3) is 15.4. The summed E-state index contributed by atoms with van der Waals surface area (Å²) in [5.41, 5.74) is 0.765. The molecule has 1 amide bonds. The van der Waals surface area contributed by atoms with Crippen LogP contribution in [0.25, 0.3) is 0 Å². The lowest BCUT2D eigenvalue weighted by atomic mass is 10.0. The molecule has 0 unspecified atom stereocenters. The first-order valence-corrected chi connectivity index (χ1v) is 14.3. The van der Waals surface area contributed by atoms with Crippen LogP contribution in [0.4, 0.5) is 5.69 Å². The second-order valence-corrected chi connectivity index (χ2v) is 11.9. The van der Waals surface area contributed by atoms with Crippen molar-refractivity contribution in [1.82, 2.24) is 10.6 Å². The van der Waals surface area contributed by atoms with Crippen LogP contribution < -0.4 is 16.0 Å². The van der Waals surface area contributed by atoms with Crippen molar-refractivity contribution in [3.8, 4) is 0 Å². The molecule has 1 aromatic rings. The summed E-state index contributed by atoms with van der Waals surface area (Å²) in [5.74, 6) is -0.172. The van der Waals surface area contributed by atoms with E-state index in [-0.39, 0.29) is 11.0 Å². The van der Waals surface area contributed by atoms with Crippen molar-refractivity contribution in [1.29, 1.82) is 0 Å². The Labute approximate surface area is 228 Å². The van der Waals surface area contributed by atoms with Gasteiger partial charge in [-0.1, -0.05) is 124 Å². The fraction of sp³-hybridized carbons (Fsp3) is 0.667. The number of amides is 1. The Kier molecular flexibility index (Phi) is 16.8. The van der Waals surface area contributed by atoms with Crippen LogP contribution in [0, 0.1) is 0 Å². The van der Waals surface area contributed by atoms with E-state index < -0.39 is 9.96 Å². The maximum absolute atomic E-state index is 12.4. The first-order valence-electron chi connectivity index (χ1n) is 11.9. The minimum Gasteiger partial charge on any atom is -0.339 e. The smallest absolute Gasteiger partial charge is 0.228 e. The molecule has 0 aliphatic rings. The largest absolute Gasteiger partial charge is 0.339 e. The van der Waals surface area contributed by atoms with E-state index in [1.54, 1.807) is 0 Å². The molecule has 0 aromatic heterocycles. The van der Waals surface area contributed by atoms with Gasteiger partial charge in [0.2, 0.25) is 9.70 Å². The average Bonchev–Trinajstić information content (AvgIpc) is 2.75. The highest BCUT2D eigenvalue weighted by Crippen LogP contribution is 2.29. The van der Waals surface area contributed by atoms with Crippen LogP contribution in [0.1, 0.15) is 90.4 Å². The molecule has 0 spiro atoms. The first kappa shape index (κ1) is 30.8. The molecular formula is C24H37BrCl3N3OS. The summed E-state index contributed by atoms with van der Waals surface area (Å²) in [4.78, 5) is 12.4. The van der Waals surface area contributed by atoms with Crippen molar-refractivity contribution in [2.24, 2.45) is 0 Å². The molecule has 188 valence electrons. The van der Waals surface area contributed by atoms with Gasteiger partial charge in [-0.05, 0) is 46.7 Å². The lowest BCUT2D eigenvalue weighted by Gasteiger charge is -2.28. The Morgan fingerprint density at radius 1 is 0.909 bits per heavy atom. The number of alkyl halides is 3. The van der Waals surface area contributed by atoms with E-state index in [1.165, 1.54) is 57.8 Å². The summed E-state index contributed by atoms with van der Waals surface area (Å²) < 4.78 is -0.915. The number of rotatable bonds is 16. The molecule has 0 aliphatic heterocycles. The molecule has 0 saturated heterocycles. The molecule has 1 rings (SSSR count). The van der Waals surface area contributed by atoms with Crippen LogP contribution in [-0.4, -0.2) is 21.0 Å². The van der Waals surface area contributed by atoms with Gasteiger partial charge in [-0.2, -0.15) is 0 Å². The molecule has 0 saturated carbocycles. The van der Waals surface area contributed by atoms with Crippen LogP contribution in [-0.2, 0) is 4.79 Å². The van der Waals surface area contributed by atoms with Crippen LogP contribution in [0.15, 0.2) is 28.7 Å². The van der Waals surface area contributed by atoms with Gasteiger partial charge in [-0.15, -0.1) is 0 Å². The second-order valence-electron chi connectivity index (χ2n) is 8.26. The average molecular weight is 602 g/mol. The van der Waals surface area contributed by atoms with Crippen LogP contribution in [0.5, 0.6) is 0 Å². The predicted octanol–water partition coefficient (Wildman–Crippen LogP) is 8.64. The fourth-order valence-electron chi connectivity index (χ4n) is 3.41. The summed E-state index contributed by atoms with van der Waals surface area (Å²) in [6.45, 7) is 2.25. The standard InChI is InChI=1S/C24H37BrCl3N3OS/c1-2-3-4-5-6-7-8-9-10-11-12-13-18-21(32)30-22(24(26,27)28)31-23(33)29-20-17-15-14-16-19(20)25/h14-17,22H,2-13,18H2,1H3,(H,30,32)(H2,29,31,33)/t22-/m0/s1. The van der Waals surface area contributed by atoms with Crippen molar-refractivity contribution in [3.63, 3.8) is 0 Å². The van der Waals surface area contributed by atoms with E-state index in [0.29, 0.717) is 6.42 Å². The van der Waals surface area contributed by atoms with Crippen LogP contribution >= 0.6 is 63.0 Å². The molecule has 0 radical (unpaired) electrons. The molecule has 0 fully saturated rings. The van der Waals surface area contributed by atoms with Gasteiger partial charge < -0.3 is 16.0 Å². The predicted molar refractivity (Wildman–Crippen MR) is 151 cm³/mol. The normalized spacial score (nSPS) is 12.3. The molecule has 0 heterocycles. The van der Waals surface area contributed by atoms with Gasteiger partial charge in [-0.25, -0.2) is 0 Å². The van der Waals surface area contributed by atoms with Gasteiger partial charge >= 0.3 is 0 Å². The molecule has 3 N–H and O–H groups in total. The zero-order valence-corrected chi connectivity index (χ0v) is 24.1. The summed E-state index contributed by atoms with van der Waals surface area (Å²) in [6, 6.07) is 7.51. The molecule has 4 nitrogen and oxygen atoms in total. The third-order valence-corrected chi connectivity index (χ3v) is 6.85. The van der Waals surface area contributed by atoms with Gasteiger partial charge in [0.15, 0.2) is 5.11 Å². The molecule has 0 bridgehead atoms. The number of unbranched alkanes of at least 4 members (excludes halogenated alkanes) is 11. The van der Waals surface area contributed by atoms with E-state index in [9.17, 15) is 4.79 Å². The molecular weight excluding hydrogens is 565 g/mol. The topological polar surface area (TPSA) is 53.2 Å². The maximum Gasteiger partial charge on any atom is 0.228 e. The maximum atomic E-state index is 12.4. The molecule has 33 heavy (non-hydrogen) atoms. The quantitative estimate of drug-likeness (QED) is 0.0768. The van der Waals surface area contributed by atoms with Crippen LogP contribution in [0.2, 0.25) is 0 Å². The number of hydrogen-bond donors (Lipinski definition) is 3. The summed E-state index contributed by atoms with van der Waals surface area (Å²) in [6.07, 6.45) is 14.4. The highest BCUT2D eigenvalue weighted by atomic mass is 79.9. The van der Waals surface area contributed by atoms with Gasteiger partial charge in [0, 0.05) is 10.9 Å². The Bertz CT molecular complexity index is 704. The van der Waals surface area contributed by atoms with Gasteiger partial charge in [-0.3, -0.25) is 4.79 Å². The molecule has 1 aromatic carbocycles. The number of anilines is 1. The third-order valence-electron chi connectivity index (χ3n) is 5.29. The van der Waals surface area contributed by atoms with Crippen molar-refractivity contribution in [2.45, 2.75) is 100 Å². The second kappa shape index (κ2) is 18.1. The Balaban J connectivity index is 2.23. The van der Waals surface area contributed by atoms with E-state index in [1.807, 2.05) is 24.3 Å². The Morgan fingerprint density at radius 3 is 1.94 bits per heavy atom. The summed E-state index contributed by atoms with van der Waals surface area (Å²) in [5, 5.41) is 8.89. The van der Waals surface area contributed by atoms with Crippen LogP contribution in [0.3, 0.4) is 0 Å². The number of hydrogen-bond acceptors (Lipinski definition) is 2. The van der Waals surface area contributed by atoms with Crippen molar-refractivity contribution in [3.05, 3.63) is 28.7 Å². The highest BCUT2D eigenvalue weighted by Gasteiger charge is 2.34. The van der Waals surface area contributed by atoms with Crippen molar-refractivity contribution < 1.29 is 4.79 Å². The number of thiocarbonyl (C=S) groups is 1. The Hall–Kier alpha value is -0.270. The SMILES string of the molecule is CCCCCCCCCCCCCCC(=O)N[C@@H](NC(=S)Nc1ccccc1Br)C(Cl)(Cl)Cl. The summed E-state index contributed by atoms with van der Waals surface area (Å²) >= 11 is 26.9. The number of carbonyl (C=O) groups is 1. The fourth-order valence-corrected chi connectivity index (χ4v) is 4.35. The number of nitrogens with one attached hydrogen (secondary N) is 3.